The molecule has 25 heavy (non-hydrogen) atoms. The zero-order chi connectivity index (χ0) is 18.3. The zero-order valence-electron chi connectivity index (χ0n) is 13.5. The fourth-order valence-electron chi connectivity index (χ4n) is 2.18. The Labute approximate surface area is 146 Å². The highest BCUT2D eigenvalue weighted by Gasteiger charge is 2.18. The number of benzene rings is 2. The van der Waals surface area contributed by atoms with Crippen molar-refractivity contribution in [2.45, 2.75) is 17.9 Å². The van der Waals surface area contributed by atoms with Crippen LogP contribution in [0.5, 0.6) is 0 Å². The van der Waals surface area contributed by atoms with Crippen LogP contribution in [0.25, 0.3) is 0 Å². The van der Waals surface area contributed by atoms with Crippen LogP contribution in [0.3, 0.4) is 0 Å². The number of anilines is 1. The van der Waals surface area contributed by atoms with E-state index >= 15 is 0 Å². The lowest BCUT2D eigenvalue weighted by atomic mass is 10.2. The molecule has 0 saturated heterocycles. The van der Waals surface area contributed by atoms with Crippen molar-refractivity contribution in [1.29, 1.82) is 0 Å². The third kappa shape index (κ3) is 5.28. The van der Waals surface area contributed by atoms with Gasteiger partial charge in [0.2, 0.25) is 10.0 Å². The molecule has 4 N–H and O–H groups in total. The van der Waals surface area contributed by atoms with Crippen molar-refractivity contribution in [1.82, 2.24) is 4.72 Å². The summed E-state index contributed by atoms with van der Waals surface area (Å²) in [4.78, 5) is 11.3. The van der Waals surface area contributed by atoms with E-state index in [0.717, 1.165) is 11.6 Å². The Morgan fingerprint density at radius 2 is 1.80 bits per heavy atom. The maximum atomic E-state index is 12.4. The van der Waals surface area contributed by atoms with Crippen LogP contribution in [0, 0.1) is 0 Å². The second kappa shape index (κ2) is 8.61. The topological polar surface area (TPSA) is 116 Å². The molecule has 0 bridgehead atoms. The molecular formula is C17H20N2O5S. The van der Waals surface area contributed by atoms with Crippen LogP contribution < -0.4 is 10.0 Å². The summed E-state index contributed by atoms with van der Waals surface area (Å²) in [6.07, 6.45) is 0.456. The number of nitrogens with one attached hydrogen (secondary N) is 2. The molecule has 0 saturated carbocycles. The van der Waals surface area contributed by atoms with Crippen molar-refractivity contribution < 1.29 is 23.4 Å². The van der Waals surface area contributed by atoms with Crippen LogP contribution in [-0.4, -0.2) is 37.8 Å². The number of hydrogen-bond donors (Lipinski definition) is 4. The summed E-state index contributed by atoms with van der Waals surface area (Å²) in [6, 6.07) is 12.9. The van der Waals surface area contributed by atoms with E-state index in [1.165, 1.54) is 12.1 Å². The fraction of sp³-hybridized carbons (Fsp3) is 0.235. The van der Waals surface area contributed by atoms with Crippen molar-refractivity contribution in [3.8, 4) is 0 Å². The number of aromatic carboxylic acids is 1. The van der Waals surface area contributed by atoms with Gasteiger partial charge in [0, 0.05) is 25.4 Å². The largest absolute Gasteiger partial charge is 0.478 e. The van der Waals surface area contributed by atoms with Crippen molar-refractivity contribution >= 4 is 21.7 Å². The summed E-state index contributed by atoms with van der Waals surface area (Å²) in [5.74, 6) is -1.23. The lowest BCUT2D eigenvalue weighted by molar-refractivity contribution is 0.0697. The number of carbonyl (C=O) groups is 1. The van der Waals surface area contributed by atoms with Crippen LogP contribution in [0.1, 0.15) is 22.3 Å². The highest BCUT2D eigenvalue weighted by Crippen LogP contribution is 2.21. The third-order valence-corrected chi connectivity index (χ3v) is 4.89. The average Bonchev–Trinajstić information content (AvgIpc) is 2.61. The first kappa shape index (κ1) is 18.9. The van der Waals surface area contributed by atoms with Gasteiger partial charge in [0.25, 0.3) is 0 Å². The van der Waals surface area contributed by atoms with Gasteiger partial charge in [-0.25, -0.2) is 17.9 Å². The summed E-state index contributed by atoms with van der Waals surface area (Å²) in [6.45, 7) is 0.475. The Kier molecular flexibility index (Phi) is 6.51. The average molecular weight is 364 g/mol. The molecule has 0 radical (unpaired) electrons. The van der Waals surface area contributed by atoms with E-state index in [1.54, 1.807) is 24.3 Å². The Bertz CT molecular complexity index is 822. The van der Waals surface area contributed by atoms with E-state index in [4.69, 9.17) is 5.11 Å². The van der Waals surface area contributed by atoms with Crippen LogP contribution in [0.15, 0.2) is 53.4 Å². The summed E-state index contributed by atoms with van der Waals surface area (Å²) in [5.41, 5.74) is 0.968. The Morgan fingerprint density at radius 1 is 1.08 bits per heavy atom. The Morgan fingerprint density at radius 3 is 2.44 bits per heavy atom. The van der Waals surface area contributed by atoms with Crippen molar-refractivity contribution in [3.63, 3.8) is 0 Å². The summed E-state index contributed by atoms with van der Waals surface area (Å²) < 4.78 is 27.2. The molecule has 0 atom stereocenters. The maximum absolute atomic E-state index is 12.4. The molecule has 0 spiro atoms. The molecule has 0 aliphatic carbocycles. The molecule has 0 heterocycles. The standard InChI is InChI=1S/C17H20N2O5S/c20-10-4-9-18-16-8-7-14(11-15(16)17(21)22)25(23,24)19-12-13-5-2-1-3-6-13/h1-3,5-8,11,18-20H,4,9-10,12H2,(H,21,22). The number of sulfonamides is 1. The predicted molar refractivity (Wildman–Crippen MR) is 94.1 cm³/mol. The van der Waals surface area contributed by atoms with Gasteiger partial charge in [0.05, 0.1) is 10.5 Å². The monoisotopic (exact) mass is 364 g/mol. The van der Waals surface area contributed by atoms with Crippen molar-refractivity contribution in [3.05, 3.63) is 59.7 Å². The maximum Gasteiger partial charge on any atom is 0.337 e. The number of aliphatic hydroxyl groups excluding tert-OH is 1. The quantitative estimate of drug-likeness (QED) is 0.503. The molecule has 0 aromatic heterocycles. The van der Waals surface area contributed by atoms with Gasteiger partial charge < -0.3 is 15.5 Å². The molecule has 134 valence electrons. The first-order valence-electron chi connectivity index (χ1n) is 7.69. The first-order valence-corrected chi connectivity index (χ1v) is 9.18. The van der Waals surface area contributed by atoms with Gasteiger partial charge in [-0.1, -0.05) is 30.3 Å². The van der Waals surface area contributed by atoms with E-state index in [0.29, 0.717) is 18.7 Å². The van der Waals surface area contributed by atoms with E-state index in [2.05, 4.69) is 10.0 Å². The Hall–Kier alpha value is -2.42. The summed E-state index contributed by atoms with van der Waals surface area (Å²) >= 11 is 0. The molecule has 2 aromatic carbocycles. The molecule has 2 aromatic rings. The molecule has 8 heteroatoms. The van der Waals surface area contributed by atoms with Gasteiger partial charge in [0.1, 0.15) is 0 Å². The predicted octanol–water partition coefficient (Wildman–Crippen LogP) is 1.66. The van der Waals surface area contributed by atoms with Crippen molar-refractivity contribution in [2.24, 2.45) is 0 Å². The van der Waals surface area contributed by atoms with Crippen LogP contribution in [0.4, 0.5) is 5.69 Å². The van der Waals surface area contributed by atoms with Crippen molar-refractivity contribution in [2.75, 3.05) is 18.5 Å². The van der Waals surface area contributed by atoms with E-state index < -0.39 is 16.0 Å². The second-order valence-corrected chi connectivity index (χ2v) is 7.09. The van der Waals surface area contributed by atoms with E-state index in [1.807, 2.05) is 6.07 Å². The second-order valence-electron chi connectivity index (χ2n) is 5.33. The highest BCUT2D eigenvalue weighted by molar-refractivity contribution is 7.89. The van der Waals surface area contributed by atoms with Gasteiger partial charge in [-0.05, 0) is 30.2 Å². The van der Waals surface area contributed by atoms with Gasteiger partial charge in [0.15, 0.2) is 0 Å². The molecule has 0 fully saturated rings. The summed E-state index contributed by atoms with van der Waals surface area (Å²) in [7, 11) is -3.84. The summed E-state index contributed by atoms with van der Waals surface area (Å²) in [5, 5.41) is 21.0. The molecule has 0 aliphatic rings. The van der Waals surface area contributed by atoms with Crippen LogP contribution in [-0.2, 0) is 16.6 Å². The number of hydrogen-bond acceptors (Lipinski definition) is 5. The lowest BCUT2D eigenvalue weighted by Gasteiger charge is -2.12. The lowest BCUT2D eigenvalue weighted by Crippen LogP contribution is -2.23. The van der Waals surface area contributed by atoms with Gasteiger partial charge in [-0.3, -0.25) is 0 Å². The number of carboxylic acid groups (broad SMARTS) is 1. The molecule has 0 unspecified atom stereocenters. The highest BCUT2D eigenvalue weighted by atomic mass is 32.2. The molecule has 0 amide bonds. The normalized spacial score (nSPS) is 11.2. The van der Waals surface area contributed by atoms with E-state index in [-0.39, 0.29) is 23.6 Å². The van der Waals surface area contributed by atoms with E-state index in [9.17, 15) is 18.3 Å². The van der Waals surface area contributed by atoms with Crippen LogP contribution >= 0.6 is 0 Å². The molecule has 7 nitrogen and oxygen atoms in total. The van der Waals surface area contributed by atoms with Gasteiger partial charge in [-0.15, -0.1) is 0 Å². The van der Waals surface area contributed by atoms with Gasteiger partial charge in [-0.2, -0.15) is 0 Å². The smallest absolute Gasteiger partial charge is 0.337 e. The molecule has 2 rings (SSSR count). The minimum atomic E-state index is -3.84. The SMILES string of the molecule is O=C(O)c1cc(S(=O)(=O)NCc2ccccc2)ccc1NCCCO. The zero-order valence-corrected chi connectivity index (χ0v) is 14.3. The fourth-order valence-corrected chi connectivity index (χ4v) is 3.22. The number of aliphatic hydroxyl groups is 1. The number of carboxylic acids is 1. The number of rotatable bonds is 9. The van der Waals surface area contributed by atoms with Crippen LogP contribution in [0.2, 0.25) is 0 Å². The molecule has 0 aliphatic heterocycles. The molecular weight excluding hydrogens is 344 g/mol. The Balaban J connectivity index is 2.19. The third-order valence-electron chi connectivity index (χ3n) is 3.49. The van der Waals surface area contributed by atoms with Gasteiger partial charge >= 0.3 is 5.97 Å². The minimum Gasteiger partial charge on any atom is -0.478 e. The first-order chi connectivity index (χ1) is 11.9. The minimum absolute atomic E-state index is 0.0225.